The average molecular weight is 1250 g/mol. The number of pyridine rings is 6. The Hall–Kier alpha value is -6.62. The number of nitrogens with one attached hydrogen (secondary N) is 1. The van der Waals surface area contributed by atoms with E-state index < -0.39 is 5.56 Å². The molecular formula is C49H42Br4N10O10. The first kappa shape index (κ1) is 51.3. The first-order chi connectivity index (χ1) is 35.6. The lowest BCUT2D eigenvalue weighted by atomic mass is 9.86. The van der Waals surface area contributed by atoms with Crippen LogP contribution >= 0.6 is 63.7 Å². The number of fused-ring (bicyclic) bond motifs is 6. The number of nitriles is 1. The van der Waals surface area contributed by atoms with Crippen LogP contribution in [-0.4, -0.2) is 114 Å². The number of anilines is 1. The summed E-state index contributed by atoms with van der Waals surface area (Å²) >= 11 is 12.5. The quantitative estimate of drug-likeness (QED) is 0.117. The van der Waals surface area contributed by atoms with Gasteiger partial charge in [-0.05, 0) is 86.2 Å². The number of nitrogens with zero attached hydrogens (tertiary/aromatic N) is 9. The number of aldehydes is 1. The molecule has 2 unspecified atom stereocenters. The van der Waals surface area contributed by atoms with Gasteiger partial charge in [0.15, 0.2) is 29.3 Å². The van der Waals surface area contributed by atoms with Crippen molar-refractivity contribution in [2.45, 2.75) is 31.5 Å². The normalized spacial score (nSPS) is 17.1. The summed E-state index contributed by atoms with van der Waals surface area (Å²) in [6, 6.07) is 16.4. The number of aromatic nitrogens is 7. The summed E-state index contributed by atoms with van der Waals surface area (Å²) in [5.74, 6) is 4.21. The van der Waals surface area contributed by atoms with Gasteiger partial charge >= 0.3 is 0 Å². The highest BCUT2D eigenvalue weighted by Gasteiger charge is 2.45. The van der Waals surface area contributed by atoms with Crippen LogP contribution in [0.4, 0.5) is 5.82 Å². The number of aromatic hydroxyl groups is 1. The van der Waals surface area contributed by atoms with E-state index >= 15 is 0 Å². The number of aromatic amines is 1. The largest absolute Gasteiger partial charge is 0.503 e. The minimum absolute atomic E-state index is 0.146. The minimum atomic E-state index is -0.474. The SMILES string of the molecule is BrCBr.Brc1cnc2c(c1)OCO2.N#Cc1cnn2cc(C3=CCOCC3)cc(-c3ccc(N4CC5CC(C4)N5Cc4ccnc5c4OCO5)nc3)c12.O=Cc1ccnc2c1OCO2.O=c1[nH]cc(Br)cc1O. The summed E-state index contributed by atoms with van der Waals surface area (Å²) < 4.78 is 40.9. The highest BCUT2D eigenvalue weighted by Crippen LogP contribution is 2.40. The third-order valence-electron chi connectivity index (χ3n) is 12.0. The molecule has 20 nitrogen and oxygen atoms in total. The number of H-pyrrole nitrogens is 1. The topological polar surface area (TPSA) is 234 Å². The Morgan fingerprint density at radius 1 is 0.836 bits per heavy atom. The second-order valence-electron chi connectivity index (χ2n) is 16.3. The molecule has 24 heteroatoms. The van der Waals surface area contributed by atoms with E-state index in [1.165, 1.54) is 30.5 Å². The highest BCUT2D eigenvalue weighted by atomic mass is 79.9. The van der Waals surface area contributed by atoms with Crippen LogP contribution in [-0.2, 0) is 11.3 Å². The van der Waals surface area contributed by atoms with Crippen LogP contribution in [0.3, 0.4) is 0 Å². The maximum Gasteiger partial charge on any atom is 0.290 e. The van der Waals surface area contributed by atoms with Crippen molar-refractivity contribution < 1.29 is 43.1 Å². The van der Waals surface area contributed by atoms with Crippen LogP contribution in [0.1, 0.15) is 39.9 Å². The van der Waals surface area contributed by atoms with Crippen LogP contribution < -0.4 is 38.9 Å². The van der Waals surface area contributed by atoms with Gasteiger partial charge in [-0.1, -0.05) is 37.9 Å². The number of alkyl halides is 2. The van der Waals surface area contributed by atoms with Crippen molar-refractivity contribution in [3.63, 3.8) is 0 Å². The van der Waals surface area contributed by atoms with E-state index in [4.69, 9.17) is 43.2 Å². The van der Waals surface area contributed by atoms with Gasteiger partial charge in [0.1, 0.15) is 11.9 Å². The molecule has 0 spiro atoms. The minimum Gasteiger partial charge on any atom is -0.503 e. The number of piperazine rings is 1. The molecule has 14 heterocycles. The second kappa shape index (κ2) is 23.9. The summed E-state index contributed by atoms with van der Waals surface area (Å²) in [6.45, 7) is 4.69. The van der Waals surface area contributed by atoms with E-state index in [0.29, 0.717) is 70.0 Å². The summed E-state index contributed by atoms with van der Waals surface area (Å²) in [5.41, 5.74) is 6.76. The van der Waals surface area contributed by atoms with Gasteiger partial charge in [0.2, 0.25) is 20.4 Å². The molecule has 7 aromatic rings. The van der Waals surface area contributed by atoms with Gasteiger partial charge in [0.25, 0.3) is 23.2 Å². The molecule has 14 rings (SSSR count). The fourth-order valence-electron chi connectivity index (χ4n) is 8.59. The van der Waals surface area contributed by atoms with Gasteiger partial charge in [-0.2, -0.15) is 10.4 Å². The molecule has 7 aliphatic heterocycles. The molecule has 2 N–H and O–H groups in total. The Kier molecular flexibility index (Phi) is 16.8. The van der Waals surface area contributed by atoms with Crippen molar-refractivity contribution in [3.05, 3.63) is 133 Å². The van der Waals surface area contributed by atoms with Crippen LogP contribution in [0.15, 0.2) is 106 Å². The second-order valence-corrected chi connectivity index (χ2v) is 20.7. The Labute approximate surface area is 450 Å². The predicted molar refractivity (Wildman–Crippen MR) is 280 cm³/mol. The number of carbonyl (C=O) groups excluding carboxylic acids is 1. The Balaban J connectivity index is 0.000000159. The molecule has 0 radical (unpaired) electrons. The number of carbonyl (C=O) groups is 1. The summed E-state index contributed by atoms with van der Waals surface area (Å²) in [6.07, 6.45) is 16.9. The van der Waals surface area contributed by atoms with Crippen molar-refractivity contribution in [3.8, 4) is 57.8 Å². The van der Waals surface area contributed by atoms with Gasteiger partial charge in [-0.25, -0.2) is 24.5 Å². The molecule has 2 atom stereocenters. The summed E-state index contributed by atoms with van der Waals surface area (Å²) in [7, 11) is 0. The fraction of sp³-hybridized carbons (Fsp3) is 0.265. The zero-order valence-corrected chi connectivity index (χ0v) is 44.7. The number of ether oxygens (including phenoxy) is 7. The molecule has 0 aromatic carbocycles. The molecule has 7 aliphatic rings. The molecule has 73 heavy (non-hydrogen) atoms. The number of halogens is 4. The van der Waals surface area contributed by atoms with Gasteiger partial charge < -0.3 is 48.1 Å². The summed E-state index contributed by atoms with van der Waals surface area (Å²) in [5, 5.41) is 22.9. The number of hydrogen-bond donors (Lipinski definition) is 2. The maximum absolute atomic E-state index is 10.4. The first-order valence-corrected chi connectivity index (χ1v) is 26.2. The molecule has 0 amide bonds. The smallest absolute Gasteiger partial charge is 0.290 e. The van der Waals surface area contributed by atoms with E-state index in [0.717, 1.165) is 80.4 Å². The highest BCUT2D eigenvalue weighted by molar-refractivity contribution is 9.24. The van der Waals surface area contributed by atoms with Crippen molar-refractivity contribution in [1.82, 2.24) is 39.4 Å². The Morgan fingerprint density at radius 2 is 1.58 bits per heavy atom. The van der Waals surface area contributed by atoms with Gasteiger partial charge in [-0.3, -0.25) is 14.5 Å². The monoisotopic (exact) mass is 1250 g/mol. The van der Waals surface area contributed by atoms with Crippen molar-refractivity contribution in [2.75, 3.05) is 55.8 Å². The van der Waals surface area contributed by atoms with Gasteiger partial charge in [0, 0.05) is 107 Å². The van der Waals surface area contributed by atoms with Crippen molar-refractivity contribution >= 4 is 86.9 Å². The first-order valence-electron chi connectivity index (χ1n) is 22.3. The predicted octanol–water partition coefficient (Wildman–Crippen LogP) is 8.43. The van der Waals surface area contributed by atoms with Crippen molar-refractivity contribution in [2.24, 2.45) is 0 Å². The molecule has 0 aliphatic carbocycles. The van der Waals surface area contributed by atoms with Crippen LogP contribution in [0.25, 0.3) is 22.2 Å². The van der Waals surface area contributed by atoms with E-state index in [1.54, 1.807) is 24.7 Å². The Morgan fingerprint density at radius 3 is 2.27 bits per heavy atom. The van der Waals surface area contributed by atoms with Crippen LogP contribution in [0.5, 0.6) is 40.6 Å². The lowest BCUT2D eigenvalue weighted by Crippen LogP contribution is -2.68. The van der Waals surface area contributed by atoms with E-state index in [1.807, 2.05) is 29.0 Å². The lowest BCUT2D eigenvalue weighted by molar-refractivity contribution is -0.00923. The third kappa shape index (κ3) is 11.9. The maximum atomic E-state index is 10.4. The molecule has 376 valence electrons. The Bertz CT molecular complexity index is 3230. The number of rotatable bonds is 6. The molecule has 7 aromatic heterocycles. The molecule has 3 saturated heterocycles. The fourth-order valence-corrected chi connectivity index (χ4v) is 9.23. The molecule has 2 bridgehead atoms. The molecular weight excluding hydrogens is 1210 g/mol. The van der Waals surface area contributed by atoms with E-state index in [-0.39, 0.29) is 26.1 Å². The average Bonchev–Trinajstić information content (AvgIpc) is 4.28. The zero-order chi connectivity index (χ0) is 50.8. The lowest BCUT2D eigenvalue weighted by Gasteiger charge is -2.56. The molecule has 0 saturated carbocycles. The number of hydrogen-bond acceptors (Lipinski definition) is 18. The standard InChI is InChI=1S/C30H27N7O3.C7H5NO3.C6H4BrNO2.C5H4BrNO2.CH2Br2/c31-11-23-13-34-37-15-22(19-4-7-38-8-5-19)9-26(28(23)37)20-1-2-27(33-12-20)35-16-24-10-25(17-35)36(24)14-21-3-6-32-30-29(21)39-18-40-30;9-3-5-1-2-8-7-6(5)10-4-11-7;7-4-1-5-6(8-2-4)10-3-9-5;6-3-1-4(8)5(9)7-2-3;2-1-3/h1-4,6,9,12-13,15,24-25H,5,7-8,10,14,16-18H2;1-3H,4H2;1-2H,3H2;1-2,8H,(H,7,9);1H2. The third-order valence-corrected chi connectivity index (χ3v) is 12.9. The van der Waals surface area contributed by atoms with Crippen molar-refractivity contribution in [1.29, 1.82) is 5.26 Å². The zero-order valence-electron chi connectivity index (χ0n) is 38.3. The van der Waals surface area contributed by atoms with Crippen LogP contribution in [0.2, 0.25) is 0 Å². The van der Waals surface area contributed by atoms with Gasteiger partial charge in [0.05, 0.1) is 40.3 Å². The summed E-state index contributed by atoms with van der Waals surface area (Å²) in [4.78, 5) is 45.1. The van der Waals surface area contributed by atoms with Crippen LogP contribution in [0, 0.1) is 11.3 Å². The van der Waals surface area contributed by atoms with Gasteiger partial charge in [-0.15, -0.1) is 0 Å². The van der Waals surface area contributed by atoms with E-state index in [2.05, 4.69) is 129 Å². The molecule has 3 fully saturated rings. The number of piperidine rings is 1. The van der Waals surface area contributed by atoms with E-state index in [9.17, 15) is 14.9 Å².